The minimum Gasteiger partial charge on any atom is -0.481 e. The van der Waals surface area contributed by atoms with E-state index >= 15 is 0 Å². The number of aliphatic carboxylic acids is 1. The second-order valence-corrected chi connectivity index (χ2v) is 4.63. The van der Waals surface area contributed by atoms with Gasteiger partial charge in [-0.1, -0.05) is 25.1 Å². The Balaban J connectivity index is 3.12. The minimum atomic E-state index is -0.814. The van der Waals surface area contributed by atoms with Gasteiger partial charge in [0.15, 0.2) is 0 Å². The Labute approximate surface area is 96.3 Å². The third-order valence-electron chi connectivity index (χ3n) is 3.20. The van der Waals surface area contributed by atoms with Crippen LogP contribution in [0.2, 0.25) is 0 Å². The van der Waals surface area contributed by atoms with Crippen molar-refractivity contribution in [3.63, 3.8) is 0 Å². The van der Waals surface area contributed by atoms with Crippen LogP contribution in [0.25, 0.3) is 0 Å². The fourth-order valence-corrected chi connectivity index (χ4v) is 1.74. The van der Waals surface area contributed by atoms with Gasteiger partial charge in [0.25, 0.3) is 0 Å². The van der Waals surface area contributed by atoms with Gasteiger partial charge < -0.3 is 10.8 Å². The third kappa shape index (κ3) is 2.61. The highest BCUT2D eigenvalue weighted by molar-refractivity contribution is 5.69. The highest BCUT2D eigenvalue weighted by Gasteiger charge is 2.28. The Kier molecular flexibility index (Phi) is 3.70. The molecule has 0 radical (unpaired) electrons. The van der Waals surface area contributed by atoms with Crippen molar-refractivity contribution >= 4 is 5.97 Å². The van der Waals surface area contributed by atoms with E-state index in [-0.39, 0.29) is 6.42 Å². The number of rotatable bonds is 4. The summed E-state index contributed by atoms with van der Waals surface area (Å²) in [6.07, 6.45) is 0.0615. The lowest BCUT2D eigenvalue weighted by molar-refractivity contribution is -0.138. The van der Waals surface area contributed by atoms with Gasteiger partial charge in [0, 0.05) is 12.0 Å². The predicted molar refractivity (Wildman–Crippen MR) is 64.6 cm³/mol. The maximum absolute atomic E-state index is 10.8. The Morgan fingerprint density at radius 1 is 1.38 bits per heavy atom. The maximum Gasteiger partial charge on any atom is 0.304 e. The number of nitrogens with two attached hydrogens (primary N) is 1. The SMILES string of the molecule is Cc1ccc(C(C)(CN)CC(=O)O)cc1C. The Hall–Kier alpha value is -1.35. The standard InChI is InChI=1S/C13H19NO2/c1-9-4-5-11(6-10(9)2)13(3,8-14)7-12(15)16/h4-6H,7-8,14H2,1-3H3,(H,15,16). The zero-order valence-electron chi connectivity index (χ0n) is 10.1. The zero-order valence-corrected chi connectivity index (χ0v) is 10.1. The fourth-order valence-electron chi connectivity index (χ4n) is 1.74. The van der Waals surface area contributed by atoms with Crippen molar-refractivity contribution in [3.05, 3.63) is 34.9 Å². The molecule has 0 heterocycles. The van der Waals surface area contributed by atoms with Crippen molar-refractivity contribution in [1.29, 1.82) is 0 Å². The Bertz CT molecular complexity index is 401. The van der Waals surface area contributed by atoms with E-state index in [4.69, 9.17) is 10.8 Å². The second-order valence-electron chi connectivity index (χ2n) is 4.63. The summed E-state index contributed by atoms with van der Waals surface area (Å²) in [6, 6.07) is 6.02. The summed E-state index contributed by atoms with van der Waals surface area (Å²) in [5.74, 6) is -0.814. The van der Waals surface area contributed by atoms with Crippen LogP contribution < -0.4 is 5.73 Å². The molecule has 0 spiro atoms. The smallest absolute Gasteiger partial charge is 0.304 e. The van der Waals surface area contributed by atoms with Crippen LogP contribution in [-0.4, -0.2) is 17.6 Å². The molecule has 0 aliphatic rings. The molecule has 0 amide bonds. The summed E-state index contributed by atoms with van der Waals surface area (Å²) in [5.41, 5.74) is 8.61. The number of aryl methyl sites for hydroxylation is 2. The molecule has 88 valence electrons. The van der Waals surface area contributed by atoms with Crippen LogP contribution in [0.4, 0.5) is 0 Å². The molecule has 1 unspecified atom stereocenters. The van der Waals surface area contributed by atoms with Crippen molar-refractivity contribution < 1.29 is 9.90 Å². The first-order valence-electron chi connectivity index (χ1n) is 5.38. The molecule has 0 fully saturated rings. The van der Waals surface area contributed by atoms with Gasteiger partial charge >= 0.3 is 5.97 Å². The van der Waals surface area contributed by atoms with E-state index in [9.17, 15) is 4.79 Å². The van der Waals surface area contributed by atoms with Crippen LogP contribution in [0.5, 0.6) is 0 Å². The first-order valence-corrected chi connectivity index (χ1v) is 5.38. The fraction of sp³-hybridized carbons (Fsp3) is 0.462. The van der Waals surface area contributed by atoms with E-state index in [1.54, 1.807) is 0 Å². The molecular weight excluding hydrogens is 202 g/mol. The van der Waals surface area contributed by atoms with Crippen LogP contribution in [0.1, 0.15) is 30.0 Å². The molecule has 1 aromatic rings. The molecule has 1 rings (SSSR count). The van der Waals surface area contributed by atoms with Crippen LogP contribution >= 0.6 is 0 Å². The summed E-state index contributed by atoms with van der Waals surface area (Å²) >= 11 is 0. The van der Waals surface area contributed by atoms with Gasteiger partial charge in [0.1, 0.15) is 0 Å². The number of carbonyl (C=O) groups is 1. The first-order chi connectivity index (χ1) is 7.39. The van der Waals surface area contributed by atoms with Crippen molar-refractivity contribution in [2.75, 3.05) is 6.54 Å². The molecule has 0 saturated carbocycles. The Morgan fingerprint density at radius 3 is 2.44 bits per heavy atom. The van der Waals surface area contributed by atoms with Gasteiger partial charge in [-0.05, 0) is 30.5 Å². The van der Waals surface area contributed by atoms with Gasteiger partial charge in [0.05, 0.1) is 6.42 Å². The van der Waals surface area contributed by atoms with Crippen LogP contribution in [-0.2, 0) is 10.2 Å². The summed E-state index contributed by atoms with van der Waals surface area (Å²) in [4.78, 5) is 10.8. The predicted octanol–water partition coefficient (Wildman–Crippen LogP) is 1.99. The summed E-state index contributed by atoms with van der Waals surface area (Å²) < 4.78 is 0. The summed E-state index contributed by atoms with van der Waals surface area (Å²) in [7, 11) is 0. The summed E-state index contributed by atoms with van der Waals surface area (Å²) in [5, 5.41) is 8.91. The van der Waals surface area contributed by atoms with E-state index in [1.807, 2.05) is 39.0 Å². The molecule has 0 aliphatic heterocycles. The first kappa shape index (κ1) is 12.7. The number of hydrogen-bond donors (Lipinski definition) is 2. The van der Waals surface area contributed by atoms with E-state index < -0.39 is 11.4 Å². The van der Waals surface area contributed by atoms with E-state index in [0.717, 1.165) is 5.56 Å². The van der Waals surface area contributed by atoms with Crippen molar-refractivity contribution in [2.45, 2.75) is 32.6 Å². The lowest BCUT2D eigenvalue weighted by atomic mass is 9.78. The number of benzene rings is 1. The lowest BCUT2D eigenvalue weighted by Crippen LogP contribution is -2.34. The molecule has 0 bridgehead atoms. The molecule has 1 atom stereocenters. The number of hydrogen-bond acceptors (Lipinski definition) is 2. The molecule has 1 aromatic carbocycles. The van der Waals surface area contributed by atoms with Gasteiger partial charge in [-0.25, -0.2) is 0 Å². The second kappa shape index (κ2) is 4.66. The average Bonchev–Trinajstić information content (AvgIpc) is 2.21. The Morgan fingerprint density at radius 2 is 2.00 bits per heavy atom. The van der Waals surface area contributed by atoms with Crippen LogP contribution in [0.15, 0.2) is 18.2 Å². The molecule has 0 aliphatic carbocycles. The summed E-state index contributed by atoms with van der Waals surface area (Å²) in [6.45, 7) is 6.29. The molecule has 16 heavy (non-hydrogen) atoms. The monoisotopic (exact) mass is 221 g/mol. The highest BCUT2D eigenvalue weighted by Crippen LogP contribution is 2.28. The average molecular weight is 221 g/mol. The normalized spacial score (nSPS) is 14.5. The number of carboxylic acids is 1. The van der Waals surface area contributed by atoms with Gasteiger partial charge in [-0.2, -0.15) is 0 Å². The van der Waals surface area contributed by atoms with E-state index in [1.165, 1.54) is 11.1 Å². The van der Waals surface area contributed by atoms with Gasteiger partial charge in [-0.15, -0.1) is 0 Å². The van der Waals surface area contributed by atoms with E-state index in [0.29, 0.717) is 6.54 Å². The molecule has 3 heteroatoms. The quantitative estimate of drug-likeness (QED) is 0.817. The maximum atomic E-state index is 10.8. The molecular formula is C13H19NO2. The largest absolute Gasteiger partial charge is 0.481 e. The van der Waals surface area contributed by atoms with Crippen molar-refractivity contribution in [3.8, 4) is 0 Å². The topological polar surface area (TPSA) is 63.3 Å². The molecule has 3 nitrogen and oxygen atoms in total. The van der Waals surface area contributed by atoms with Crippen molar-refractivity contribution in [1.82, 2.24) is 0 Å². The lowest BCUT2D eigenvalue weighted by Gasteiger charge is -2.27. The van der Waals surface area contributed by atoms with Crippen molar-refractivity contribution in [2.24, 2.45) is 5.73 Å². The highest BCUT2D eigenvalue weighted by atomic mass is 16.4. The van der Waals surface area contributed by atoms with Gasteiger partial charge in [-0.3, -0.25) is 4.79 Å². The molecule has 0 aromatic heterocycles. The third-order valence-corrected chi connectivity index (χ3v) is 3.20. The van der Waals surface area contributed by atoms with E-state index in [2.05, 4.69) is 0 Å². The molecule has 3 N–H and O–H groups in total. The van der Waals surface area contributed by atoms with Gasteiger partial charge in [0.2, 0.25) is 0 Å². The van der Waals surface area contributed by atoms with Crippen LogP contribution in [0, 0.1) is 13.8 Å². The molecule has 0 saturated heterocycles. The zero-order chi connectivity index (χ0) is 12.3. The van der Waals surface area contributed by atoms with Crippen LogP contribution in [0.3, 0.4) is 0 Å². The minimum absolute atomic E-state index is 0.0615. The number of carboxylic acid groups (broad SMARTS) is 1.